The van der Waals surface area contributed by atoms with Gasteiger partial charge in [-0.3, -0.25) is 13.7 Å². The van der Waals surface area contributed by atoms with Gasteiger partial charge in [-0.1, -0.05) is 24.3 Å². The molecule has 0 bridgehead atoms. The van der Waals surface area contributed by atoms with Crippen LogP contribution < -0.4 is 19.9 Å². The Balaban J connectivity index is 1.85. The van der Waals surface area contributed by atoms with Gasteiger partial charge in [0, 0.05) is 50.0 Å². The first kappa shape index (κ1) is 36.4. The molecule has 6 rings (SSSR count). The zero-order chi connectivity index (χ0) is 37.8. The van der Waals surface area contributed by atoms with Crippen molar-refractivity contribution in [2.45, 2.75) is 43.7 Å². The molecular weight excluding hydrogens is 725 g/mol. The molecule has 0 fully saturated rings. The van der Waals surface area contributed by atoms with E-state index < -0.39 is 69.7 Å². The molecule has 0 amide bonds. The van der Waals surface area contributed by atoms with Gasteiger partial charge in [-0.15, -0.1) is 0 Å². The van der Waals surface area contributed by atoms with E-state index in [0.717, 1.165) is 0 Å². The van der Waals surface area contributed by atoms with Crippen LogP contribution in [-0.2, 0) is 30.4 Å². The topological polar surface area (TPSA) is 219 Å². The fraction of sp³-hybridized carbons (Fsp3) is 0.294. The molecular formula is C34H36N2O12S3+2. The minimum atomic E-state index is -5.21. The van der Waals surface area contributed by atoms with Crippen LogP contribution in [0.2, 0.25) is 0 Å². The van der Waals surface area contributed by atoms with Gasteiger partial charge in [0.1, 0.15) is 31.0 Å². The highest BCUT2D eigenvalue weighted by Gasteiger charge is 2.46. The van der Waals surface area contributed by atoms with E-state index in [1.165, 1.54) is 22.8 Å². The molecule has 3 heterocycles. The quantitative estimate of drug-likeness (QED) is 0.163. The van der Waals surface area contributed by atoms with Crippen LogP contribution in [0.4, 0.5) is 5.69 Å². The largest absolute Gasteiger partial charge is 0.481 e. The van der Waals surface area contributed by atoms with Crippen LogP contribution in [0.3, 0.4) is 0 Å². The number of rotatable bonds is 6. The van der Waals surface area contributed by atoms with E-state index in [0.29, 0.717) is 10.9 Å². The number of hydrogen-bond acceptors (Lipinski definition) is 9. The van der Waals surface area contributed by atoms with Gasteiger partial charge in [-0.25, -0.2) is 4.58 Å². The second-order valence-electron chi connectivity index (χ2n) is 13.9. The Hall–Kier alpha value is -4.39. The molecule has 51 heavy (non-hydrogen) atoms. The Kier molecular flexibility index (Phi) is 8.25. The Morgan fingerprint density at radius 2 is 1.43 bits per heavy atom. The molecule has 5 N–H and O–H groups in total. The molecule has 0 radical (unpaired) electrons. The molecule has 17 heteroatoms. The van der Waals surface area contributed by atoms with Gasteiger partial charge < -0.3 is 14.9 Å². The third kappa shape index (κ3) is 6.38. The van der Waals surface area contributed by atoms with E-state index in [2.05, 4.69) is 6.72 Å². The number of benzene rings is 2. The fourth-order valence-electron chi connectivity index (χ4n) is 7.09. The summed E-state index contributed by atoms with van der Waals surface area (Å²) in [6.07, 6.45) is 9.35. The first-order valence-electron chi connectivity index (χ1n) is 15.4. The molecule has 4 aliphatic rings. The average molecular weight is 761 g/mol. The molecule has 0 spiro atoms. The third-order valence-corrected chi connectivity index (χ3v) is 11.8. The van der Waals surface area contributed by atoms with Gasteiger partial charge in [-0.05, 0) is 41.0 Å². The predicted molar refractivity (Wildman–Crippen MR) is 190 cm³/mol. The summed E-state index contributed by atoms with van der Waals surface area (Å²) in [7, 11) is -12.7. The van der Waals surface area contributed by atoms with E-state index in [1.807, 2.05) is 18.4 Å². The number of fused-ring (bicyclic) bond motifs is 4. The van der Waals surface area contributed by atoms with Gasteiger partial charge in [0.25, 0.3) is 26.2 Å². The van der Waals surface area contributed by atoms with E-state index in [1.54, 1.807) is 57.3 Å². The lowest BCUT2D eigenvalue weighted by Gasteiger charge is -2.32. The summed E-state index contributed by atoms with van der Waals surface area (Å²) >= 11 is 0. The molecule has 1 unspecified atom stereocenters. The minimum Gasteiger partial charge on any atom is -0.481 e. The maximum Gasteiger partial charge on any atom is 0.305 e. The van der Waals surface area contributed by atoms with Gasteiger partial charge in [-0.2, -0.15) is 29.8 Å². The van der Waals surface area contributed by atoms with E-state index in [4.69, 9.17) is 4.74 Å². The molecule has 0 aromatic heterocycles. The predicted octanol–water partition coefficient (Wildman–Crippen LogP) is 2.90. The maximum atomic E-state index is 13.5. The molecule has 0 saturated carbocycles. The zero-order valence-corrected chi connectivity index (χ0v) is 30.6. The van der Waals surface area contributed by atoms with Gasteiger partial charge in [0.15, 0.2) is 16.8 Å². The highest BCUT2D eigenvalue weighted by atomic mass is 32.2. The summed E-state index contributed by atoms with van der Waals surface area (Å²) in [6, 6.07) is 4.56. The van der Waals surface area contributed by atoms with Crippen molar-refractivity contribution in [3.63, 3.8) is 0 Å². The Bertz CT molecular complexity index is 2620. The van der Waals surface area contributed by atoms with E-state index in [-0.39, 0.29) is 55.8 Å². The van der Waals surface area contributed by atoms with Gasteiger partial charge >= 0.3 is 10.1 Å². The molecule has 3 aliphatic heterocycles. The van der Waals surface area contributed by atoms with E-state index >= 15 is 0 Å². The van der Waals surface area contributed by atoms with Crippen molar-refractivity contribution >= 4 is 59.5 Å². The monoisotopic (exact) mass is 760 g/mol. The van der Waals surface area contributed by atoms with E-state index in [9.17, 15) is 49.1 Å². The normalized spacial score (nSPS) is 20.4. The Morgan fingerprint density at radius 1 is 0.843 bits per heavy atom. The molecule has 2 aromatic carbocycles. The summed E-state index contributed by atoms with van der Waals surface area (Å²) in [6.45, 7) is 10.9. The van der Waals surface area contributed by atoms with Crippen LogP contribution in [-0.4, -0.2) is 90.0 Å². The van der Waals surface area contributed by atoms with Crippen LogP contribution in [0.5, 0.6) is 11.5 Å². The Labute approximate surface area is 294 Å². The summed E-state index contributed by atoms with van der Waals surface area (Å²) in [5.41, 5.74) is -1.35. The van der Waals surface area contributed by atoms with Crippen molar-refractivity contribution in [3.8, 4) is 11.5 Å². The van der Waals surface area contributed by atoms with Crippen molar-refractivity contribution in [2.24, 2.45) is 5.92 Å². The fourth-order valence-corrected chi connectivity index (χ4v) is 9.21. The molecule has 270 valence electrons. The average Bonchev–Trinajstić information content (AvgIpc) is 2.97. The summed E-state index contributed by atoms with van der Waals surface area (Å²) in [5.74, 6) is -4.07. The first-order chi connectivity index (χ1) is 23.3. The lowest BCUT2D eigenvalue weighted by Crippen LogP contribution is -2.47. The number of likely N-dealkylation sites (N-methyl/N-ethyl adjacent to an activating group) is 1. The van der Waals surface area contributed by atoms with Crippen molar-refractivity contribution in [2.75, 3.05) is 18.6 Å². The zero-order valence-electron chi connectivity index (χ0n) is 28.1. The van der Waals surface area contributed by atoms with Gasteiger partial charge in [0.05, 0.1) is 17.2 Å². The smallest absolute Gasteiger partial charge is 0.305 e. The maximum absolute atomic E-state index is 13.5. The lowest BCUT2D eigenvalue weighted by molar-refractivity contribution is -0.504. The second-order valence-corrected chi connectivity index (χ2v) is 18.2. The van der Waals surface area contributed by atoms with Crippen LogP contribution in [0.15, 0.2) is 71.1 Å². The minimum absolute atomic E-state index is 0.00308. The number of allylic oxidation sites excluding steroid dienone is 5. The standard InChI is InChI=1S/C34H34N2O12S3/c1-33(2)14-18(16-49(39,40)41)22-11-24-27(13-26(22)35(33)5)48-30-25(28(24)20-9-7-8-10-21(20)32(37)38)12-23-19(17-50(42,43)44)15-34(3,4)36(6)29(23)31(30)51(45,46)47/h7-15,20H,6,16-17H2,1-5H3,(H3-2,37,38,39,40,41,42,43,44,45,46,47)/p+2. The van der Waals surface area contributed by atoms with Crippen molar-refractivity contribution in [3.05, 3.63) is 93.4 Å². The number of aliphatic hydroxyl groups is 2. The molecule has 2 aromatic rings. The number of nitrogens with zero attached hydrogens (tertiary/aromatic N) is 2. The second kappa shape index (κ2) is 11.6. The number of ether oxygens (including phenoxy) is 1. The van der Waals surface area contributed by atoms with Crippen molar-refractivity contribution in [1.29, 1.82) is 0 Å². The highest BCUT2D eigenvalue weighted by molar-refractivity contribution is 7.86. The highest BCUT2D eigenvalue weighted by Crippen LogP contribution is 2.52. The third-order valence-electron chi connectivity index (χ3n) is 9.57. The number of hydrogen-bond donors (Lipinski definition) is 5. The first-order valence-corrected chi connectivity index (χ1v) is 20.0. The summed E-state index contributed by atoms with van der Waals surface area (Å²) in [5, 5.41) is 21.5. The van der Waals surface area contributed by atoms with Crippen LogP contribution in [0, 0.1) is 5.92 Å². The van der Waals surface area contributed by atoms with Gasteiger partial charge in [0.2, 0.25) is 15.9 Å². The number of aliphatic hydroxyl groups excluding tert-OH is 1. The molecule has 1 atom stereocenters. The molecule has 0 saturated heterocycles. The Morgan fingerprint density at radius 3 is 2.00 bits per heavy atom. The van der Waals surface area contributed by atoms with Crippen molar-refractivity contribution < 1.29 is 58.4 Å². The lowest BCUT2D eigenvalue weighted by atomic mass is 9.79. The van der Waals surface area contributed by atoms with Crippen LogP contribution >= 0.6 is 0 Å². The molecule has 1 aliphatic carbocycles. The SMILES string of the molecule is C=[N+]1c2c(cc3c(c2S(=O)(=O)O)Oc2cc4c(cc2=C3C2C=CC=CC2=C(O)O)C(CS(=O)(=O)O)=CC(C)(C)[N+]=4C)C(CS(=O)(=O)O)=CC1(C)C. The summed E-state index contributed by atoms with van der Waals surface area (Å²) < 4.78 is 116. The van der Waals surface area contributed by atoms with Crippen molar-refractivity contribution in [1.82, 2.24) is 4.58 Å². The van der Waals surface area contributed by atoms with Crippen LogP contribution in [0.25, 0.3) is 16.7 Å². The summed E-state index contributed by atoms with van der Waals surface area (Å²) in [4.78, 5) is -0.755. The molecule has 14 nitrogen and oxygen atoms in total. The van der Waals surface area contributed by atoms with Crippen LogP contribution in [0.1, 0.15) is 44.4 Å².